The van der Waals surface area contributed by atoms with E-state index in [1.54, 1.807) is 0 Å². The van der Waals surface area contributed by atoms with Gasteiger partial charge in [-0.1, -0.05) is 0 Å². The van der Waals surface area contributed by atoms with E-state index in [2.05, 4.69) is 25.3 Å². The summed E-state index contributed by atoms with van der Waals surface area (Å²) in [5, 5.41) is 5.50. The Kier molecular flexibility index (Phi) is 6.63. The summed E-state index contributed by atoms with van der Waals surface area (Å²) < 4.78 is 88.8. The lowest BCUT2D eigenvalue weighted by atomic mass is 10.2. The van der Waals surface area contributed by atoms with E-state index in [1.807, 2.05) is 0 Å². The average molecular weight is 502 g/mol. The van der Waals surface area contributed by atoms with Gasteiger partial charge in [-0.05, 0) is 55.6 Å². The van der Waals surface area contributed by atoms with Crippen molar-refractivity contribution in [1.82, 2.24) is 14.7 Å². The number of aromatic nitrogens is 2. The zero-order valence-corrected chi connectivity index (χ0v) is 18.8. The number of anilines is 4. The number of benzene rings is 2. The van der Waals surface area contributed by atoms with Crippen molar-refractivity contribution in [2.45, 2.75) is 16.0 Å². The van der Waals surface area contributed by atoms with E-state index < -0.39 is 31.6 Å². The van der Waals surface area contributed by atoms with E-state index in [-0.39, 0.29) is 27.2 Å². The number of halogens is 3. The SMILES string of the molecule is CNS(=O)(=O)c1ccc(S(C)(=O)=O)c(Nc2nccc(Nc3ccc(C(F)(F)F)cc3)n2)c1. The molecule has 176 valence electrons. The minimum absolute atomic E-state index is 0.0690. The van der Waals surface area contributed by atoms with Gasteiger partial charge in [-0.15, -0.1) is 0 Å². The summed E-state index contributed by atoms with van der Waals surface area (Å²) in [5.41, 5.74) is -0.546. The highest BCUT2D eigenvalue weighted by atomic mass is 32.2. The molecule has 0 radical (unpaired) electrons. The molecule has 0 saturated heterocycles. The molecular weight excluding hydrogens is 483 g/mol. The Hall–Kier alpha value is -3.23. The molecule has 3 N–H and O–H groups in total. The molecule has 3 rings (SSSR count). The highest BCUT2D eigenvalue weighted by molar-refractivity contribution is 7.91. The van der Waals surface area contributed by atoms with Crippen molar-refractivity contribution in [3.8, 4) is 0 Å². The van der Waals surface area contributed by atoms with Gasteiger partial charge in [-0.3, -0.25) is 0 Å². The molecule has 3 aromatic rings. The molecule has 0 aliphatic rings. The summed E-state index contributed by atoms with van der Waals surface area (Å²) in [7, 11) is -6.38. The van der Waals surface area contributed by atoms with Gasteiger partial charge in [0.15, 0.2) is 9.84 Å². The van der Waals surface area contributed by atoms with Crippen LogP contribution in [0.15, 0.2) is 64.5 Å². The van der Waals surface area contributed by atoms with Gasteiger partial charge in [-0.25, -0.2) is 26.5 Å². The molecule has 9 nitrogen and oxygen atoms in total. The molecule has 0 bridgehead atoms. The van der Waals surface area contributed by atoms with Crippen LogP contribution in [0.1, 0.15) is 5.56 Å². The second-order valence-electron chi connectivity index (χ2n) is 6.73. The van der Waals surface area contributed by atoms with E-state index >= 15 is 0 Å². The van der Waals surface area contributed by atoms with Crippen molar-refractivity contribution in [2.75, 3.05) is 23.9 Å². The predicted molar refractivity (Wildman–Crippen MR) is 116 cm³/mol. The maximum atomic E-state index is 12.7. The van der Waals surface area contributed by atoms with Crippen LogP contribution < -0.4 is 15.4 Å². The number of hydrogen-bond acceptors (Lipinski definition) is 8. The summed E-state index contributed by atoms with van der Waals surface area (Å²) in [6, 6.07) is 9.15. The van der Waals surface area contributed by atoms with Crippen molar-refractivity contribution in [3.05, 3.63) is 60.3 Å². The number of rotatable bonds is 7. The van der Waals surface area contributed by atoms with E-state index in [4.69, 9.17) is 0 Å². The Morgan fingerprint density at radius 1 is 0.909 bits per heavy atom. The van der Waals surface area contributed by atoms with Crippen LogP contribution in [0.25, 0.3) is 0 Å². The Bertz CT molecular complexity index is 1380. The second kappa shape index (κ2) is 8.96. The Labute approximate surface area is 188 Å². The fraction of sp³-hybridized carbons (Fsp3) is 0.158. The highest BCUT2D eigenvalue weighted by Gasteiger charge is 2.30. The highest BCUT2D eigenvalue weighted by Crippen LogP contribution is 2.31. The molecule has 0 aliphatic carbocycles. The first kappa shape index (κ1) is 24.4. The molecule has 2 aromatic carbocycles. The molecule has 33 heavy (non-hydrogen) atoms. The van der Waals surface area contributed by atoms with Crippen LogP contribution in [0.2, 0.25) is 0 Å². The number of hydrogen-bond donors (Lipinski definition) is 3. The summed E-state index contributed by atoms with van der Waals surface area (Å²) >= 11 is 0. The maximum absolute atomic E-state index is 12.7. The third-order valence-corrected chi connectivity index (χ3v) is 6.88. The summed E-state index contributed by atoms with van der Waals surface area (Å²) in [4.78, 5) is 7.78. The van der Waals surface area contributed by atoms with E-state index in [0.717, 1.165) is 36.6 Å². The normalized spacial score (nSPS) is 12.4. The first-order valence-electron chi connectivity index (χ1n) is 9.11. The third kappa shape index (κ3) is 5.97. The number of nitrogens with one attached hydrogen (secondary N) is 3. The van der Waals surface area contributed by atoms with Crippen LogP contribution in [0.3, 0.4) is 0 Å². The van der Waals surface area contributed by atoms with Crippen LogP contribution in [-0.4, -0.2) is 40.1 Å². The largest absolute Gasteiger partial charge is 0.416 e. The van der Waals surface area contributed by atoms with Crippen LogP contribution in [-0.2, 0) is 26.0 Å². The van der Waals surface area contributed by atoms with Crippen molar-refractivity contribution in [2.24, 2.45) is 0 Å². The van der Waals surface area contributed by atoms with Gasteiger partial charge in [0, 0.05) is 18.1 Å². The molecule has 0 spiro atoms. The predicted octanol–water partition coefficient (Wildman–Crippen LogP) is 3.29. The van der Waals surface area contributed by atoms with Gasteiger partial charge in [-0.2, -0.15) is 18.2 Å². The van der Waals surface area contributed by atoms with Crippen LogP contribution >= 0.6 is 0 Å². The fourth-order valence-electron chi connectivity index (χ4n) is 2.71. The van der Waals surface area contributed by atoms with Crippen molar-refractivity contribution >= 4 is 43.0 Å². The van der Waals surface area contributed by atoms with Gasteiger partial charge < -0.3 is 10.6 Å². The topological polar surface area (TPSA) is 130 Å². The van der Waals surface area contributed by atoms with Crippen LogP contribution in [0.4, 0.5) is 36.3 Å². The Morgan fingerprint density at radius 2 is 1.58 bits per heavy atom. The third-order valence-electron chi connectivity index (χ3n) is 4.32. The van der Waals surface area contributed by atoms with Crippen molar-refractivity contribution in [3.63, 3.8) is 0 Å². The molecule has 1 aromatic heterocycles. The minimum Gasteiger partial charge on any atom is -0.340 e. The molecule has 1 heterocycles. The molecule has 0 aliphatic heterocycles. The Balaban J connectivity index is 1.92. The van der Waals surface area contributed by atoms with Gasteiger partial charge >= 0.3 is 6.18 Å². The van der Waals surface area contributed by atoms with Crippen LogP contribution in [0, 0.1) is 0 Å². The van der Waals surface area contributed by atoms with E-state index in [1.165, 1.54) is 31.4 Å². The maximum Gasteiger partial charge on any atom is 0.416 e. The van der Waals surface area contributed by atoms with Crippen molar-refractivity contribution < 1.29 is 30.0 Å². The number of nitrogens with zero attached hydrogens (tertiary/aromatic N) is 2. The van der Waals surface area contributed by atoms with E-state index in [9.17, 15) is 30.0 Å². The lowest BCUT2D eigenvalue weighted by molar-refractivity contribution is -0.137. The zero-order chi connectivity index (χ0) is 24.4. The first-order valence-corrected chi connectivity index (χ1v) is 12.5. The molecule has 0 amide bonds. The summed E-state index contributed by atoms with van der Waals surface area (Å²) in [6.07, 6.45) is -2.17. The second-order valence-corrected chi connectivity index (χ2v) is 10.6. The number of sulfone groups is 1. The first-order chi connectivity index (χ1) is 15.3. The smallest absolute Gasteiger partial charge is 0.340 e. The molecule has 0 saturated carbocycles. The lowest BCUT2D eigenvalue weighted by Gasteiger charge is -2.13. The van der Waals surface area contributed by atoms with Crippen molar-refractivity contribution in [1.29, 1.82) is 0 Å². The minimum atomic E-state index is -4.46. The lowest BCUT2D eigenvalue weighted by Crippen LogP contribution is -2.19. The van der Waals surface area contributed by atoms with Gasteiger partial charge in [0.25, 0.3) is 0 Å². The van der Waals surface area contributed by atoms with Gasteiger partial charge in [0.2, 0.25) is 16.0 Å². The van der Waals surface area contributed by atoms with Gasteiger partial charge in [0.05, 0.1) is 21.0 Å². The molecule has 0 fully saturated rings. The Morgan fingerprint density at radius 3 is 2.15 bits per heavy atom. The quantitative estimate of drug-likeness (QED) is 0.450. The molecule has 0 atom stereocenters. The summed E-state index contributed by atoms with van der Waals surface area (Å²) in [5.74, 6) is 0.128. The van der Waals surface area contributed by atoms with Crippen LogP contribution in [0.5, 0.6) is 0 Å². The molecule has 0 unspecified atom stereocenters. The monoisotopic (exact) mass is 501 g/mol. The zero-order valence-electron chi connectivity index (χ0n) is 17.2. The van der Waals surface area contributed by atoms with E-state index in [0.29, 0.717) is 5.69 Å². The average Bonchev–Trinajstić information content (AvgIpc) is 2.73. The molecular formula is C19H18F3N5O4S2. The standard InChI is InChI=1S/C19H18F3N5O4S2/c1-23-33(30,31)14-7-8-16(32(2,28)29)15(11-14)26-18-24-10-9-17(27-18)25-13-5-3-12(4-6-13)19(20,21)22/h3-11,23H,1-2H3,(H2,24,25,26,27). The van der Waals surface area contributed by atoms with Gasteiger partial charge in [0.1, 0.15) is 5.82 Å². The number of sulfonamides is 1. The number of alkyl halides is 3. The summed E-state index contributed by atoms with van der Waals surface area (Å²) in [6.45, 7) is 0. The fourth-order valence-corrected chi connectivity index (χ4v) is 4.30. The molecule has 14 heteroatoms.